The maximum atomic E-state index is 13.9. The van der Waals surface area contributed by atoms with Crippen LogP contribution in [0.1, 0.15) is 27.0 Å². The number of H-pyrrole nitrogens is 1. The highest BCUT2D eigenvalue weighted by atomic mass is 19.1. The van der Waals surface area contributed by atoms with E-state index in [2.05, 4.69) is 15.4 Å². The first-order chi connectivity index (χ1) is 15.9. The van der Waals surface area contributed by atoms with Crippen LogP contribution in [-0.4, -0.2) is 20.7 Å². The van der Waals surface area contributed by atoms with Gasteiger partial charge in [-0.15, -0.1) is 0 Å². The highest BCUT2D eigenvalue weighted by Gasteiger charge is 2.15. The number of amides is 1. The lowest BCUT2D eigenvalue weighted by atomic mass is 10.1. The molecule has 0 aliphatic rings. The van der Waals surface area contributed by atoms with Gasteiger partial charge < -0.3 is 5.32 Å². The average molecular weight is 440 g/mol. The molecule has 0 radical (unpaired) electrons. The summed E-state index contributed by atoms with van der Waals surface area (Å²) < 4.78 is 15.3. The van der Waals surface area contributed by atoms with Crippen molar-refractivity contribution >= 4 is 27.7 Å². The van der Waals surface area contributed by atoms with Gasteiger partial charge in [-0.25, -0.2) is 9.07 Å². The van der Waals surface area contributed by atoms with Crippen LogP contribution >= 0.6 is 0 Å². The molecule has 33 heavy (non-hydrogen) atoms. The van der Waals surface area contributed by atoms with Gasteiger partial charge in [0.2, 0.25) is 0 Å². The molecule has 0 saturated heterocycles. The Labute approximate surface area is 188 Å². The number of fused-ring (bicyclic) bond motifs is 3. The van der Waals surface area contributed by atoms with Crippen LogP contribution in [0.2, 0.25) is 0 Å². The molecule has 0 unspecified atom stereocenters. The molecule has 3 aromatic carbocycles. The molecule has 0 spiro atoms. The number of hydrogen-bond donors (Lipinski definition) is 2. The molecule has 6 nitrogen and oxygen atoms in total. The van der Waals surface area contributed by atoms with E-state index in [-0.39, 0.29) is 23.8 Å². The number of halogens is 1. The lowest BCUT2D eigenvalue weighted by Gasteiger charge is -2.07. The molecule has 2 heterocycles. The second-order valence-corrected chi connectivity index (χ2v) is 8.07. The zero-order chi connectivity index (χ0) is 23.1. The van der Waals surface area contributed by atoms with Crippen molar-refractivity contribution in [2.75, 3.05) is 0 Å². The van der Waals surface area contributed by atoms with Gasteiger partial charge in [-0.3, -0.25) is 19.7 Å². The maximum absolute atomic E-state index is 13.9. The first-order valence-corrected chi connectivity index (χ1v) is 10.5. The number of rotatable bonds is 4. The average Bonchev–Trinajstić information content (AvgIpc) is 3.16. The van der Waals surface area contributed by atoms with Gasteiger partial charge in [0.05, 0.1) is 22.1 Å². The monoisotopic (exact) mass is 440 g/mol. The highest BCUT2D eigenvalue weighted by molar-refractivity contribution is 6.06. The molecule has 0 saturated carbocycles. The van der Waals surface area contributed by atoms with Crippen LogP contribution < -0.4 is 10.9 Å². The van der Waals surface area contributed by atoms with Gasteiger partial charge in [-0.05, 0) is 61.4 Å². The van der Waals surface area contributed by atoms with Crippen LogP contribution in [0, 0.1) is 19.7 Å². The minimum atomic E-state index is -0.368. The molecule has 2 N–H and O–H groups in total. The molecular weight excluding hydrogens is 419 g/mol. The molecule has 164 valence electrons. The fraction of sp³-hybridized carbons (Fsp3) is 0.115. The Hall–Kier alpha value is -4.26. The van der Waals surface area contributed by atoms with Crippen LogP contribution in [0.25, 0.3) is 27.5 Å². The number of carbonyl (C=O) groups is 1. The summed E-state index contributed by atoms with van der Waals surface area (Å²) in [6.07, 6.45) is 1.55. The Morgan fingerprint density at radius 3 is 2.64 bits per heavy atom. The van der Waals surface area contributed by atoms with Gasteiger partial charge in [0.25, 0.3) is 11.5 Å². The Morgan fingerprint density at radius 2 is 1.85 bits per heavy atom. The first-order valence-electron chi connectivity index (χ1n) is 10.5. The largest absolute Gasteiger partial charge is 0.348 e. The summed E-state index contributed by atoms with van der Waals surface area (Å²) in [5.74, 6) is -0.708. The first kappa shape index (κ1) is 20.6. The summed E-state index contributed by atoms with van der Waals surface area (Å²) in [6, 6.07) is 17.2. The number of aromatic amines is 1. The second-order valence-electron chi connectivity index (χ2n) is 8.07. The summed E-state index contributed by atoms with van der Waals surface area (Å²) in [4.78, 5) is 30.2. The topological polar surface area (TPSA) is 79.8 Å². The number of aryl methyl sites for hydroxylation is 2. The predicted molar refractivity (Wildman–Crippen MR) is 126 cm³/mol. The maximum Gasteiger partial charge on any atom is 0.280 e. The van der Waals surface area contributed by atoms with E-state index in [4.69, 9.17) is 0 Å². The Bertz CT molecular complexity index is 1600. The van der Waals surface area contributed by atoms with Crippen LogP contribution in [0.5, 0.6) is 0 Å². The molecular formula is C26H21FN4O2. The number of nitrogens with one attached hydrogen (secondary N) is 2. The Morgan fingerprint density at radius 1 is 1.03 bits per heavy atom. The van der Waals surface area contributed by atoms with E-state index in [9.17, 15) is 14.0 Å². The van der Waals surface area contributed by atoms with E-state index in [1.165, 1.54) is 10.7 Å². The zero-order valence-corrected chi connectivity index (χ0v) is 18.1. The molecule has 0 aliphatic carbocycles. The van der Waals surface area contributed by atoms with E-state index in [0.717, 1.165) is 16.8 Å². The molecule has 0 bridgehead atoms. The summed E-state index contributed by atoms with van der Waals surface area (Å²) in [7, 11) is 0. The van der Waals surface area contributed by atoms with Gasteiger partial charge >= 0.3 is 0 Å². The molecule has 0 atom stereocenters. The van der Waals surface area contributed by atoms with Crippen LogP contribution in [0.4, 0.5) is 4.39 Å². The van der Waals surface area contributed by atoms with Gasteiger partial charge in [0, 0.05) is 29.3 Å². The summed E-state index contributed by atoms with van der Waals surface area (Å²) >= 11 is 0. The minimum Gasteiger partial charge on any atom is -0.348 e. The van der Waals surface area contributed by atoms with Crippen molar-refractivity contribution in [3.63, 3.8) is 0 Å². The third-order valence-corrected chi connectivity index (χ3v) is 5.93. The van der Waals surface area contributed by atoms with Crippen molar-refractivity contribution in [3.05, 3.63) is 105 Å². The summed E-state index contributed by atoms with van der Waals surface area (Å²) in [5, 5.41) is 7.02. The second kappa shape index (κ2) is 8.02. The van der Waals surface area contributed by atoms with Gasteiger partial charge in [-0.1, -0.05) is 24.3 Å². The van der Waals surface area contributed by atoms with E-state index >= 15 is 0 Å². The number of hydrogen-bond acceptors (Lipinski definition) is 3. The van der Waals surface area contributed by atoms with Crippen LogP contribution in [0.3, 0.4) is 0 Å². The number of aromatic nitrogens is 3. The van der Waals surface area contributed by atoms with Gasteiger partial charge in [-0.2, -0.15) is 0 Å². The lowest BCUT2D eigenvalue weighted by Crippen LogP contribution is -2.23. The van der Waals surface area contributed by atoms with E-state index in [1.54, 1.807) is 42.6 Å². The summed E-state index contributed by atoms with van der Waals surface area (Å²) in [6.45, 7) is 4.09. The van der Waals surface area contributed by atoms with Gasteiger partial charge in [0.15, 0.2) is 0 Å². The quantitative estimate of drug-likeness (QED) is 0.430. The lowest BCUT2D eigenvalue weighted by molar-refractivity contribution is 0.0950. The molecule has 2 aromatic heterocycles. The molecule has 1 amide bonds. The standard InChI is InChI=1S/C26H21FN4O2/c1-15-7-9-19(11-16(15)2)31-26(33)21-14-28-23-10-8-17(12-20(23)24(21)30-31)25(32)29-13-18-5-3-4-6-22(18)27/h3-12,14,30H,13H2,1-2H3,(H,29,32). The van der Waals surface area contributed by atoms with Gasteiger partial charge in [0.1, 0.15) is 5.82 Å². The molecule has 0 fully saturated rings. The Kier molecular flexibility index (Phi) is 5.01. The number of pyridine rings is 1. The van der Waals surface area contributed by atoms with Crippen LogP contribution in [-0.2, 0) is 6.54 Å². The van der Waals surface area contributed by atoms with Crippen molar-refractivity contribution in [2.45, 2.75) is 20.4 Å². The third-order valence-electron chi connectivity index (χ3n) is 5.93. The Balaban J connectivity index is 1.54. The normalized spacial score (nSPS) is 11.2. The summed E-state index contributed by atoms with van der Waals surface area (Å²) in [5.41, 5.74) is 4.80. The van der Waals surface area contributed by atoms with Crippen LogP contribution in [0.15, 0.2) is 71.7 Å². The number of benzene rings is 3. The smallest absolute Gasteiger partial charge is 0.280 e. The number of nitrogens with zero attached hydrogens (tertiary/aromatic N) is 2. The molecule has 7 heteroatoms. The van der Waals surface area contributed by atoms with Crippen molar-refractivity contribution in [2.24, 2.45) is 0 Å². The fourth-order valence-corrected chi connectivity index (χ4v) is 3.87. The van der Waals surface area contributed by atoms with Crippen molar-refractivity contribution in [3.8, 4) is 5.69 Å². The highest BCUT2D eigenvalue weighted by Crippen LogP contribution is 2.23. The molecule has 5 aromatic rings. The molecule has 0 aliphatic heterocycles. The van der Waals surface area contributed by atoms with Crippen molar-refractivity contribution < 1.29 is 9.18 Å². The minimum absolute atomic E-state index is 0.0754. The van der Waals surface area contributed by atoms with E-state index < -0.39 is 0 Å². The third kappa shape index (κ3) is 3.67. The zero-order valence-electron chi connectivity index (χ0n) is 18.1. The van der Waals surface area contributed by atoms with E-state index in [0.29, 0.717) is 32.9 Å². The van der Waals surface area contributed by atoms with E-state index in [1.807, 2.05) is 32.0 Å². The molecule has 5 rings (SSSR count). The SMILES string of the molecule is Cc1ccc(-n2[nH]c3c(cnc4ccc(C(=O)NCc5ccccc5F)cc43)c2=O)cc1C. The van der Waals surface area contributed by atoms with Crippen molar-refractivity contribution in [1.82, 2.24) is 20.1 Å². The van der Waals surface area contributed by atoms with Crippen molar-refractivity contribution in [1.29, 1.82) is 0 Å². The predicted octanol–water partition coefficient (Wildman–Crippen LogP) is 4.55. The fourth-order valence-electron chi connectivity index (χ4n) is 3.87. The number of carbonyl (C=O) groups excluding carboxylic acids is 1.